The maximum absolute atomic E-state index is 11.1. The number of nitrogens with one attached hydrogen (secondary N) is 2. The highest BCUT2D eigenvalue weighted by Crippen LogP contribution is 2.36. The van der Waals surface area contributed by atoms with Crippen molar-refractivity contribution in [2.75, 3.05) is 26.8 Å². The fraction of sp³-hybridized carbons (Fsp3) is 0.462. The van der Waals surface area contributed by atoms with Crippen molar-refractivity contribution in [1.29, 1.82) is 0 Å². The average molecular weight is 248 g/mol. The molecule has 0 aliphatic carbocycles. The summed E-state index contributed by atoms with van der Waals surface area (Å²) in [6, 6.07) is 5.87. The number of hydrogen-bond donors (Lipinski definition) is 2. The molecule has 0 spiro atoms. The lowest BCUT2D eigenvalue weighted by Gasteiger charge is -2.42. The molecule has 0 amide bonds. The summed E-state index contributed by atoms with van der Waals surface area (Å²) in [6.07, 6.45) is 1.02. The van der Waals surface area contributed by atoms with Crippen molar-refractivity contribution in [2.24, 2.45) is 0 Å². The zero-order valence-electron chi connectivity index (χ0n) is 10.3. The van der Waals surface area contributed by atoms with E-state index < -0.39 is 5.76 Å². The van der Waals surface area contributed by atoms with Crippen molar-refractivity contribution >= 4 is 11.1 Å². The van der Waals surface area contributed by atoms with Crippen LogP contribution in [0.4, 0.5) is 0 Å². The first-order valence-corrected chi connectivity index (χ1v) is 6.09. The van der Waals surface area contributed by atoms with Crippen molar-refractivity contribution in [3.8, 4) is 0 Å². The van der Waals surface area contributed by atoms with Crippen molar-refractivity contribution in [3.63, 3.8) is 0 Å². The maximum Gasteiger partial charge on any atom is 0.417 e. The van der Waals surface area contributed by atoms with Crippen LogP contribution in [0.1, 0.15) is 12.0 Å². The van der Waals surface area contributed by atoms with E-state index in [0.717, 1.165) is 31.7 Å². The number of rotatable bonds is 4. The summed E-state index contributed by atoms with van der Waals surface area (Å²) in [7, 11) is 1.95. The molecule has 5 heteroatoms. The monoisotopic (exact) mass is 248 g/mol. The van der Waals surface area contributed by atoms with E-state index in [9.17, 15) is 4.79 Å². The molecule has 2 aromatic rings. The normalized spacial score (nSPS) is 17.8. The van der Waals surface area contributed by atoms with E-state index in [2.05, 4.69) is 10.3 Å². The van der Waals surface area contributed by atoms with Crippen LogP contribution in [-0.2, 0) is 10.2 Å². The summed E-state index contributed by atoms with van der Waals surface area (Å²) in [5.74, 6) is -0.406. The highest BCUT2D eigenvalue weighted by atomic mass is 16.5. The molecule has 5 nitrogen and oxygen atoms in total. The largest absolute Gasteiger partial charge is 0.417 e. The van der Waals surface area contributed by atoms with Gasteiger partial charge in [0.15, 0.2) is 5.58 Å². The Hall–Kier alpha value is -1.59. The highest BCUT2D eigenvalue weighted by Gasteiger charge is 2.39. The Balaban J connectivity index is 1.99. The molecular formula is C13H16N2O3. The third-order valence-electron chi connectivity index (χ3n) is 3.64. The fourth-order valence-electron chi connectivity index (χ4n) is 2.45. The second kappa shape index (κ2) is 4.26. The van der Waals surface area contributed by atoms with Gasteiger partial charge in [-0.05, 0) is 37.7 Å². The van der Waals surface area contributed by atoms with Gasteiger partial charge in [-0.3, -0.25) is 4.98 Å². The standard InChI is InChI=1S/C13H16N2O3/c1-14-5-4-13(7-17-8-13)9-2-3-11-10(6-9)15-12(16)18-11/h2-3,6,14H,4-5,7-8H2,1H3,(H,15,16). The van der Waals surface area contributed by atoms with Gasteiger partial charge in [0, 0.05) is 5.41 Å². The van der Waals surface area contributed by atoms with Gasteiger partial charge >= 0.3 is 5.76 Å². The molecule has 0 unspecified atom stereocenters. The number of ether oxygens (including phenoxy) is 1. The molecule has 0 bridgehead atoms. The van der Waals surface area contributed by atoms with Crippen LogP contribution in [0.3, 0.4) is 0 Å². The lowest BCUT2D eigenvalue weighted by atomic mass is 9.76. The van der Waals surface area contributed by atoms with Gasteiger partial charge in [0.05, 0.1) is 18.7 Å². The third-order valence-corrected chi connectivity index (χ3v) is 3.64. The smallest absolute Gasteiger partial charge is 0.408 e. The number of H-pyrrole nitrogens is 1. The van der Waals surface area contributed by atoms with Crippen LogP contribution in [0, 0.1) is 0 Å². The van der Waals surface area contributed by atoms with Crippen molar-refractivity contribution in [1.82, 2.24) is 10.3 Å². The Labute approximate surface area is 104 Å². The molecule has 1 saturated heterocycles. The lowest BCUT2D eigenvalue weighted by molar-refractivity contribution is -0.0637. The second-order valence-corrected chi connectivity index (χ2v) is 4.85. The number of benzene rings is 1. The third kappa shape index (κ3) is 1.76. The van der Waals surface area contributed by atoms with E-state index in [1.54, 1.807) is 0 Å². The molecule has 1 aromatic heterocycles. The molecular weight excluding hydrogens is 232 g/mol. The van der Waals surface area contributed by atoms with E-state index in [0.29, 0.717) is 5.58 Å². The summed E-state index contributed by atoms with van der Waals surface area (Å²) >= 11 is 0. The molecule has 18 heavy (non-hydrogen) atoms. The quantitative estimate of drug-likeness (QED) is 0.847. The van der Waals surface area contributed by atoms with Crippen molar-refractivity contribution in [3.05, 3.63) is 34.3 Å². The fourth-order valence-corrected chi connectivity index (χ4v) is 2.45. The van der Waals surface area contributed by atoms with Crippen molar-refractivity contribution < 1.29 is 9.15 Å². The zero-order chi connectivity index (χ0) is 12.6. The van der Waals surface area contributed by atoms with Gasteiger partial charge in [0.25, 0.3) is 0 Å². The minimum absolute atomic E-state index is 0.0748. The van der Waals surface area contributed by atoms with Crippen LogP contribution >= 0.6 is 0 Å². The zero-order valence-corrected chi connectivity index (χ0v) is 10.3. The molecule has 1 aliphatic heterocycles. The molecule has 3 rings (SSSR count). The lowest BCUT2D eigenvalue weighted by Crippen LogP contribution is -2.48. The average Bonchev–Trinajstić information content (AvgIpc) is 2.67. The van der Waals surface area contributed by atoms with Gasteiger partial charge in [-0.2, -0.15) is 0 Å². The Morgan fingerprint density at radius 3 is 2.94 bits per heavy atom. The molecule has 1 aliphatic rings. The second-order valence-electron chi connectivity index (χ2n) is 4.85. The van der Waals surface area contributed by atoms with Gasteiger partial charge in [-0.25, -0.2) is 4.79 Å². The molecule has 0 radical (unpaired) electrons. The summed E-state index contributed by atoms with van der Waals surface area (Å²) < 4.78 is 10.4. The number of hydrogen-bond acceptors (Lipinski definition) is 4. The van der Waals surface area contributed by atoms with Gasteiger partial charge in [0.2, 0.25) is 0 Å². The van der Waals surface area contributed by atoms with Crippen LogP contribution in [0.2, 0.25) is 0 Å². The molecule has 2 heterocycles. The first-order chi connectivity index (χ1) is 8.73. The summed E-state index contributed by atoms with van der Waals surface area (Å²) in [5.41, 5.74) is 2.64. The first kappa shape index (κ1) is 11.5. The topological polar surface area (TPSA) is 67.3 Å². The van der Waals surface area contributed by atoms with Gasteiger partial charge in [0.1, 0.15) is 0 Å². The highest BCUT2D eigenvalue weighted by molar-refractivity contribution is 5.73. The van der Waals surface area contributed by atoms with Crippen LogP contribution in [0.5, 0.6) is 0 Å². The van der Waals surface area contributed by atoms with E-state index in [1.165, 1.54) is 5.56 Å². The Morgan fingerprint density at radius 2 is 2.28 bits per heavy atom. The van der Waals surface area contributed by atoms with E-state index in [1.807, 2.05) is 25.2 Å². The van der Waals surface area contributed by atoms with E-state index in [-0.39, 0.29) is 5.41 Å². The molecule has 2 N–H and O–H groups in total. The minimum Gasteiger partial charge on any atom is -0.408 e. The first-order valence-electron chi connectivity index (χ1n) is 6.09. The van der Waals surface area contributed by atoms with Crippen LogP contribution in [0.25, 0.3) is 11.1 Å². The summed E-state index contributed by atoms with van der Waals surface area (Å²) in [5, 5.41) is 3.17. The minimum atomic E-state index is -0.406. The van der Waals surface area contributed by atoms with Gasteiger partial charge in [-0.15, -0.1) is 0 Å². The Kier molecular flexibility index (Phi) is 2.72. The van der Waals surface area contributed by atoms with Gasteiger partial charge < -0.3 is 14.5 Å². The van der Waals surface area contributed by atoms with E-state index in [4.69, 9.17) is 9.15 Å². The SMILES string of the molecule is CNCCC1(c2ccc3oc(=O)[nH]c3c2)COC1. The van der Waals surface area contributed by atoms with E-state index >= 15 is 0 Å². The van der Waals surface area contributed by atoms with Crippen LogP contribution in [-0.4, -0.2) is 31.8 Å². The maximum atomic E-state index is 11.1. The molecule has 96 valence electrons. The summed E-state index contributed by atoms with van der Waals surface area (Å²) in [4.78, 5) is 13.8. The predicted octanol–water partition coefficient (Wildman–Crippen LogP) is 0.999. The van der Waals surface area contributed by atoms with Crippen LogP contribution in [0.15, 0.2) is 27.4 Å². The van der Waals surface area contributed by atoms with Crippen molar-refractivity contribution in [2.45, 2.75) is 11.8 Å². The number of fused-ring (bicyclic) bond motifs is 1. The Morgan fingerprint density at radius 1 is 1.44 bits per heavy atom. The summed E-state index contributed by atoms with van der Waals surface area (Å²) in [6.45, 7) is 2.42. The molecule has 1 aromatic carbocycles. The molecule has 0 saturated carbocycles. The molecule has 0 atom stereocenters. The van der Waals surface area contributed by atoms with Crippen LogP contribution < -0.4 is 11.1 Å². The Bertz CT molecular complexity index is 610. The predicted molar refractivity (Wildman–Crippen MR) is 67.9 cm³/mol. The number of aromatic amines is 1. The number of aromatic nitrogens is 1. The molecule has 1 fully saturated rings. The number of oxazole rings is 1. The van der Waals surface area contributed by atoms with Gasteiger partial charge in [-0.1, -0.05) is 6.07 Å².